The Morgan fingerprint density at radius 3 is 2.30 bits per heavy atom. The largest absolute Gasteiger partial charge is 0.373 e. The predicted octanol–water partition coefficient (Wildman–Crippen LogP) is 2.36. The van der Waals surface area contributed by atoms with Gasteiger partial charge in [0.1, 0.15) is 0 Å². The van der Waals surface area contributed by atoms with Crippen molar-refractivity contribution in [3.05, 3.63) is 0 Å². The van der Waals surface area contributed by atoms with Crippen LogP contribution in [0.4, 0.5) is 0 Å². The van der Waals surface area contributed by atoms with E-state index in [0.29, 0.717) is 11.5 Å². The van der Waals surface area contributed by atoms with E-state index in [1.807, 2.05) is 0 Å². The van der Waals surface area contributed by atoms with Crippen LogP contribution in [-0.4, -0.2) is 12.7 Å². The molecule has 0 spiro atoms. The zero-order valence-corrected chi connectivity index (χ0v) is 6.73. The van der Waals surface area contributed by atoms with Crippen LogP contribution >= 0.6 is 0 Å². The Balaban J connectivity index is 1.97. The fourth-order valence-electron chi connectivity index (χ4n) is 2.13. The van der Waals surface area contributed by atoms with Gasteiger partial charge in [0, 0.05) is 0 Å². The minimum atomic E-state index is 0.568. The molecule has 0 aromatic heterocycles. The molecule has 58 valence electrons. The number of hydrogen-bond acceptors (Lipinski definition) is 1. The van der Waals surface area contributed by atoms with Crippen molar-refractivity contribution < 1.29 is 4.74 Å². The average molecular weight is 140 g/mol. The molecule has 1 aliphatic heterocycles. The summed E-state index contributed by atoms with van der Waals surface area (Å²) in [6.45, 7) is 3.43. The van der Waals surface area contributed by atoms with Crippen LogP contribution < -0.4 is 0 Å². The predicted molar refractivity (Wildman–Crippen MR) is 40.9 cm³/mol. The van der Waals surface area contributed by atoms with Crippen LogP contribution in [0.1, 0.15) is 39.0 Å². The molecule has 1 atom stereocenters. The van der Waals surface area contributed by atoms with Crippen LogP contribution in [0.5, 0.6) is 0 Å². The van der Waals surface area contributed by atoms with Crippen molar-refractivity contribution in [3.63, 3.8) is 0 Å². The first kappa shape index (κ1) is 6.66. The molecule has 0 amide bonds. The monoisotopic (exact) mass is 140 g/mol. The summed E-state index contributed by atoms with van der Waals surface area (Å²) in [4.78, 5) is 0. The van der Waals surface area contributed by atoms with Crippen molar-refractivity contribution in [2.45, 2.75) is 45.1 Å². The summed E-state index contributed by atoms with van der Waals surface area (Å²) >= 11 is 0. The van der Waals surface area contributed by atoms with Crippen LogP contribution in [0.15, 0.2) is 0 Å². The molecule has 0 aromatic carbocycles. The van der Waals surface area contributed by atoms with Gasteiger partial charge in [0.15, 0.2) is 0 Å². The van der Waals surface area contributed by atoms with Gasteiger partial charge >= 0.3 is 0 Å². The molecular weight excluding hydrogens is 124 g/mol. The Labute approximate surface area is 62.8 Å². The molecule has 1 heteroatoms. The van der Waals surface area contributed by atoms with Crippen molar-refractivity contribution in [1.29, 1.82) is 0 Å². The molecule has 0 unspecified atom stereocenters. The minimum absolute atomic E-state index is 0.568. The first-order valence-corrected chi connectivity index (χ1v) is 4.43. The van der Waals surface area contributed by atoms with E-state index in [1.165, 1.54) is 32.1 Å². The molecule has 10 heavy (non-hydrogen) atoms. The fraction of sp³-hybridized carbons (Fsp3) is 1.00. The van der Waals surface area contributed by atoms with Gasteiger partial charge in [-0.15, -0.1) is 0 Å². The van der Waals surface area contributed by atoms with Gasteiger partial charge in [-0.3, -0.25) is 0 Å². The Hall–Kier alpha value is -0.0400. The van der Waals surface area contributed by atoms with E-state index in [-0.39, 0.29) is 0 Å². The Kier molecular flexibility index (Phi) is 1.48. The van der Waals surface area contributed by atoms with Crippen molar-refractivity contribution in [3.8, 4) is 0 Å². The highest BCUT2D eigenvalue weighted by Crippen LogP contribution is 2.44. The lowest BCUT2D eigenvalue weighted by molar-refractivity contribution is 0.154. The van der Waals surface area contributed by atoms with Gasteiger partial charge in [0.05, 0.1) is 12.7 Å². The van der Waals surface area contributed by atoms with Gasteiger partial charge in [-0.05, 0) is 18.3 Å². The van der Waals surface area contributed by atoms with Crippen LogP contribution in [-0.2, 0) is 4.74 Å². The quantitative estimate of drug-likeness (QED) is 0.509. The highest BCUT2D eigenvalue weighted by atomic mass is 16.6. The molecule has 2 aliphatic rings. The van der Waals surface area contributed by atoms with E-state index in [4.69, 9.17) is 4.74 Å². The Bertz CT molecular complexity index is 121. The van der Waals surface area contributed by atoms with Crippen molar-refractivity contribution in [2.75, 3.05) is 6.61 Å². The maximum Gasteiger partial charge on any atom is 0.0863 e. The van der Waals surface area contributed by atoms with E-state index in [9.17, 15) is 0 Å². The van der Waals surface area contributed by atoms with Crippen LogP contribution in [0.3, 0.4) is 0 Å². The van der Waals surface area contributed by atoms with Crippen LogP contribution in [0, 0.1) is 5.41 Å². The smallest absolute Gasteiger partial charge is 0.0863 e. The molecule has 1 heterocycles. The molecule has 0 bridgehead atoms. The lowest BCUT2D eigenvalue weighted by Gasteiger charge is -2.31. The first-order valence-electron chi connectivity index (χ1n) is 4.43. The maximum atomic E-state index is 5.35. The normalized spacial score (nSPS) is 37.5. The second kappa shape index (κ2) is 2.23. The molecule has 1 aliphatic carbocycles. The lowest BCUT2D eigenvalue weighted by Crippen LogP contribution is -2.26. The van der Waals surface area contributed by atoms with E-state index < -0.39 is 0 Å². The summed E-state index contributed by atoms with van der Waals surface area (Å²) in [5.74, 6) is 0. The summed E-state index contributed by atoms with van der Waals surface area (Å²) in [5, 5.41) is 0. The van der Waals surface area contributed by atoms with Gasteiger partial charge in [-0.2, -0.15) is 0 Å². The second-order valence-electron chi connectivity index (χ2n) is 4.04. The van der Waals surface area contributed by atoms with Gasteiger partial charge in [-0.25, -0.2) is 0 Å². The first-order chi connectivity index (χ1) is 4.81. The summed E-state index contributed by atoms with van der Waals surface area (Å²) in [6, 6.07) is 0. The minimum Gasteiger partial charge on any atom is -0.373 e. The summed E-state index contributed by atoms with van der Waals surface area (Å²) in [7, 11) is 0. The zero-order chi connectivity index (χ0) is 7.03. The molecule has 0 radical (unpaired) electrons. The third-order valence-electron chi connectivity index (χ3n) is 3.11. The van der Waals surface area contributed by atoms with E-state index in [1.54, 1.807) is 0 Å². The fourth-order valence-corrected chi connectivity index (χ4v) is 2.13. The summed E-state index contributed by atoms with van der Waals surface area (Å²) < 4.78 is 5.35. The average Bonchev–Trinajstić information content (AvgIpc) is 2.69. The summed E-state index contributed by atoms with van der Waals surface area (Å²) in [6.07, 6.45) is 7.73. The third kappa shape index (κ3) is 1.07. The molecule has 1 saturated heterocycles. The number of ether oxygens (including phenoxy) is 1. The molecule has 1 nitrogen and oxygen atoms in total. The van der Waals surface area contributed by atoms with Crippen molar-refractivity contribution in [2.24, 2.45) is 5.41 Å². The highest BCUT2D eigenvalue weighted by Gasteiger charge is 2.43. The second-order valence-corrected chi connectivity index (χ2v) is 4.04. The molecule has 1 saturated carbocycles. The van der Waals surface area contributed by atoms with Gasteiger partial charge < -0.3 is 4.74 Å². The van der Waals surface area contributed by atoms with E-state index in [2.05, 4.69) is 6.92 Å². The number of epoxide rings is 1. The van der Waals surface area contributed by atoms with Crippen LogP contribution in [0.2, 0.25) is 0 Å². The summed E-state index contributed by atoms with van der Waals surface area (Å²) in [5.41, 5.74) is 0.568. The van der Waals surface area contributed by atoms with Gasteiger partial charge in [-0.1, -0.05) is 26.2 Å². The lowest BCUT2D eigenvalue weighted by atomic mass is 9.73. The highest BCUT2D eigenvalue weighted by molar-refractivity contribution is 4.91. The van der Waals surface area contributed by atoms with E-state index in [0.717, 1.165) is 6.61 Å². The van der Waals surface area contributed by atoms with Gasteiger partial charge in [0.2, 0.25) is 0 Å². The van der Waals surface area contributed by atoms with E-state index >= 15 is 0 Å². The standard InChI is InChI=1S/C9H16O/c1-9(8-7-10-8)5-3-2-4-6-9/h8H,2-7H2,1H3/t8-/m1/s1. The topological polar surface area (TPSA) is 12.5 Å². The maximum absolute atomic E-state index is 5.35. The molecule has 2 rings (SSSR count). The third-order valence-corrected chi connectivity index (χ3v) is 3.11. The van der Waals surface area contributed by atoms with Crippen LogP contribution in [0.25, 0.3) is 0 Å². The molecule has 0 aromatic rings. The number of rotatable bonds is 1. The Morgan fingerprint density at radius 2 is 1.80 bits per heavy atom. The Morgan fingerprint density at radius 1 is 1.20 bits per heavy atom. The molecule has 2 fully saturated rings. The molecular formula is C9H16O. The SMILES string of the molecule is CC1([C@H]2CO2)CCCCC1. The zero-order valence-electron chi connectivity index (χ0n) is 6.73. The molecule has 0 N–H and O–H groups in total. The number of hydrogen-bond donors (Lipinski definition) is 0. The van der Waals surface area contributed by atoms with Crippen molar-refractivity contribution in [1.82, 2.24) is 0 Å². The van der Waals surface area contributed by atoms with Gasteiger partial charge in [0.25, 0.3) is 0 Å². The van der Waals surface area contributed by atoms with Crippen molar-refractivity contribution >= 4 is 0 Å².